The molecule has 0 bridgehead atoms. The van der Waals surface area contributed by atoms with Crippen LogP contribution in [0, 0.1) is 5.82 Å². The Balaban J connectivity index is 2.12. The number of halogens is 2. The van der Waals surface area contributed by atoms with Gasteiger partial charge in [-0.05, 0) is 12.1 Å². The molecule has 8 heteroatoms. The van der Waals surface area contributed by atoms with Crippen LogP contribution in [0.1, 0.15) is 12.6 Å². The molecule has 0 saturated carbocycles. The molecule has 2 aromatic rings. The summed E-state index contributed by atoms with van der Waals surface area (Å²) in [5, 5.41) is 13.5. The SMILES string of the molecule is O=C1CCN(C(=O)O)C1n1cc2c(F)cc(Br)cc2n1. The molecule has 1 fully saturated rings. The third kappa shape index (κ3) is 1.96. The molecule has 20 heavy (non-hydrogen) atoms. The minimum Gasteiger partial charge on any atom is -0.465 e. The van der Waals surface area contributed by atoms with Gasteiger partial charge in [-0.1, -0.05) is 15.9 Å². The molecule has 1 atom stereocenters. The van der Waals surface area contributed by atoms with E-state index in [9.17, 15) is 14.0 Å². The quantitative estimate of drug-likeness (QED) is 0.864. The zero-order chi connectivity index (χ0) is 14.4. The highest BCUT2D eigenvalue weighted by Gasteiger charge is 2.37. The Morgan fingerprint density at radius 1 is 1.50 bits per heavy atom. The van der Waals surface area contributed by atoms with Crippen LogP contribution in [0.2, 0.25) is 0 Å². The number of rotatable bonds is 1. The number of benzene rings is 1. The van der Waals surface area contributed by atoms with E-state index in [-0.39, 0.29) is 24.1 Å². The molecule has 0 radical (unpaired) electrons. The lowest BCUT2D eigenvalue weighted by Crippen LogP contribution is -2.34. The van der Waals surface area contributed by atoms with Crippen LogP contribution in [0.15, 0.2) is 22.8 Å². The van der Waals surface area contributed by atoms with Crippen LogP contribution in [0.5, 0.6) is 0 Å². The van der Waals surface area contributed by atoms with E-state index >= 15 is 0 Å². The van der Waals surface area contributed by atoms with Gasteiger partial charge in [0.2, 0.25) is 0 Å². The number of aromatic nitrogens is 2. The average Bonchev–Trinajstić information content (AvgIpc) is 2.92. The fraction of sp³-hybridized carbons (Fsp3) is 0.250. The van der Waals surface area contributed by atoms with Crippen LogP contribution in [-0.2, 0) is 4.79 Å². The Morgan fingerprint density at radius 2 is 2.25 bits per heavy atom. The average molecular weight is 342 g/mol. The van der Waals surface area contributed by atoms with Crippen LogP contribution in [0.25, 0.3) is 10.9 Å². The minimum absolute atomic E-state index is 0.126. The molecule has 1 N–H and O–H groups in total. The third-order valence-corrected chi connectivity index (χ3v) is 3.69. The molecule has 0 spiro atoms. The second-order valence-electron chi connectivity index (χ2n) is 4.50. The Labute approximate surface area is 120 Å². The molecule has 1 aliphatic heterocycles. The van der Waals surface area contributed by atoms with Crippen molar-refractivity contribution in [3.8, 4) is 0 Å². The maximum absolute atomic E-state index is 13.8. The molecule has 6 nitrogen and oxygen atoms in total. The first-order valence-electron chi connectivity index (χ1n) is 5.83. The summed E-state index contributed by atoms with van der Waals surface area (Å²) >= 11 is 3.16. The lowest BCUT2D eigenvalue weighted by atomic mass is 10.2. The van der Waals surface area contributed by atoms with Gasteiger partial charge in [-0.3, -0.25) is 9.69 Å². The van der Waals surface area contributed by atoms with Gasteiger partial charge in [-0.15, -0.1) is 0 Å². The van der Waals surface area contributed by atoms with Crippen LogP contribution in [0.3, 0.4) is 0 Å². The van der Waals surface area contributed by atoms with Crippen molar-refractivity contribution in [2.75, 3.05) is 6.54 Å². The number of carbonyl (C=O) groups is 2. The highest BCUT2D eigenvalue weighted by molar-refractivity contribution is 9.10. The van der Waals surface area contributed by atoms with Crippen molar-refractivity contribution in [3.05, 3.63) is 28.6 Å². The number of fused-ring (bicyclic) bond motifs is 1. The van der Waals surface area contributed by atoms with E-state index in [4.69, 9.17) is 5.11 Å². The van der Waals surface area contributed by atoms with Gasteiger partial charge >= 0.3 is 6.09 Å². The maximum Gasteiger partial charge on any atom is 0.409 e. The van der Waals surface area contributed by atoms with Gasteiger partial charge in [0.25, 0.3) is 0 Å². The molecule has 1 aromatic heterocycles. The molecule has 104 valence electrons. The number of hydrogen-bond donors (Lipinski definition) is 1. The first-order valence-corrected chi connectivity index (χ1v) is 6.63. The van der Waals surface area contributed by atoms with Crippen molar-refractivity contribution in [2.45, 2.75) is 12.6 Å². The molecule has 1 unspecified atom stereocenters. The predicted octanol–water partition coefficient (Wildman–Crippen LogP) is 2.39. The number of nitrogens with zero attached hydrogens (tertiary/aromatic N) is 3. The van der Waals surface area contributed by atoms with E-state index in [0.717, 1.165) is 4.90 Å². The zero-order valence-corrected chi connectivity index (χ0v) is 11.7. The largest absolute Gasteiger partial charge is 0.465 e. The summed E-state index contributed by atoms with van der Waals surface area (Å²) in [6.07, 6.45) is -0.708. The van der Waals surface area contributed by atoms with Gasteiger partial charge in [0.05, 0.1) is 10.9 Å². The summed E-state index contributed by atoms with van der Waals surface area (Å²) in [7, 11) is 0. The summed E-state index contributed by atoms with van der Waals surface area (Å²) in [4.78, 5) is 24.0. The number of carboxylic acid groups (broad SMARTS) is 1. The first-order chi connectivity index (χ1) is 9.47. The van der Waals surface area contributed by atoms with E-state index in [1.165, 1.54) is 16.9 Å². The van der Waals surface area contributed by atoms with Gasteiger partial charge in [0, 0.05) is 23.6 Å². The molecular weight excluding hydrogens is 333 g/mol. The fourth-order valence-electron chi connectivity index (χ4n) is 2.34. The second kappa shape index (κ2) is 4.55. The van der Waals surface area contributed by atoms with Crippen molar-refractivity contribution in [1.29, 1.82) is 0 Å². The molecule has 0 aliphatic carbocycles. The molecular formula is C12H9BrFN3O3. The number of ketones is 1. The standard InChI is InChI=1S/C12H9BrFN3O3/c13-6-3-8(14)7-5-17(15-9(7)4-6)11-10(18)1-2-16(11)12(19)20/h3-5,11H,1-2H2,(H,19,20). The normalized spacial score (nSPS) is 19.0. The fourth-order valence-corrected chi connectivity index (χ4v) is 2.76. The smallest absolute Gasteiger partial charge is 0.409 e. The maximum atomic E-state index is 13.8. The Hall–Kier alpha value is -1.96. The predicted molar refractivity (Wildman–Crippen MR) is 70.8 cm³/mol. The molecule has 1 saturated heterocycles. The summed E-state index contributed by atoms with van der Waals surface area (Å²) in [5.74, 6) is -0.729. The van der Waals surface area contributed by atoms with Crippen LogP contribution in [0.4, 0.5) is 9.18 Å². The van der Waals surface area contributed by atoms with Crippen molar-refractivity contribution in [3.63, 3.8) is 0 Å². The van der Waals surface area contributed by atoms with Crippen molar-refractivity contribution in [2.24, 2.45) is 0 Å². The second-order valence-corrected chi connectivity index (χ2v) is 5.41. The lowest BCUT2D eigenvalue weighted by Gasteiger charge is -2.19. The monoisotopic (exact) mass is 341 g/mol. The van der Waals surface area contributed by atoms with Crippen LogP contribution < -0.4 is 0 Å². The number of hydrogen-bond acceptors (Lipinski definition) is 3. The molecule has 1 amide bonds. The van der Waals surface area contributed by atoms with Crippen molar-refractivity contribution in [1.82, 2.24) is 14.7 Å². The van der Waals surface area contributed by atoms with E-state index in [1.54, 1.807) is 6.07 Å². The van der Waals surface area contributed by atoms with Crippen LogP contribution >= 0.6 is 15.9 Å². The summed E-state index contributed by atoms with van der Waals surface area (Å²) < 4.78 is 15.5. The van der Waals surface area contributed by atoms with E-state index in [1.807, 2.05) is 0 Å². The Kier molecular flexibility index (Phi) is 2.97. The highest BCUT2D eigenvalue weighted by Crippen LogP contribution is 2.28. The summed E-state index contributed by atoms with van der Waals surface area (Å²) in [5.41, 5.74) is 0.363. The minimum atomic E-state index is -1.19. The van der Waals surface area contributed by atoms with Gasteiger partial charge in [-0.25, -0.2) is 13.9 Å². The zero-order valence-electron chi connectivity index (χ0n) is 10.1. The van der Waals surface area contributed by atoms with Gasteiger partial charge < -0.3 is 5.11 Å². The third-order valence-electron chi connectivity index (χ3n) is 3.24. The van der Waals surface area contributed by atoms with E-state index < -0.39 is 18.1 Å². The highest BCUT2D eigenvalue weighted by atomic mass is 79.9. The van der Waals surface area contributed by atoms with Crippen molar-refractivity contribution >= 4 is 38.7 Å². The molecule has 2 heterocycles. The van der Waals surface area contributed by atoms with Crippen molar-refractivity contribution < 1.29 is 19.1 Å². The number of likely N-dealkylation sites (tertiary alicyclic amines) is 1. The van der Waals surface area contributed by atoms with Gasteiger partial charge in [0.15, 0.2) is 11.9 Å². The number of carbonyl (C=O) groups excluding carboxylic acids is 1. The number of amides is 1. The van der Waals surface area contributed by atoms with Gasteiger partial charge in [0.1, 0.15) is 5.82 Å². The lowest BCUT2D eigenvalue weighted by molar-refractivity contribution is -0.122. The molecule has 1 aliphatic rings. The Morgan fingerprint density at radius 3 is 2.95 bits per heavy atom. The topological polar surface area (TPSA) is 75.4 Å². The Bertz CT molecular complexity index is 730. The van der Waals surface area contributed by atoms with E-state index in [0.29, 0.717) is 9.99 Å². The molecule has 1 aromatic carbocycles. The molecule has 3 rings (SSSR count). The van der Waals surface area contributed by atoms with E-state index in [2.05, 4.69) is 21.0 Å². The summed E-state index contributed by atoms with van der Waals surface area (Å²) in [6, 6.07) is 2.90. The van der Waals surface area contributed by atoms with Gasteiger partial charge in [-0.2, -0.15) is 5.10 Å². The van der Waals surface area contributed by atoms with Crippen LogP contribution in [-0.4, -0.2) is 38.2 Å². The first kappa shape index (κ1) is 13.0. The summed E-state index contributed by atoms with van der Waals surface area (Å²) in [6.45, 7) is 0.126. The number of Topliss-reactive ketones (excluding diaryl/α,β-unsaturated/α-hetero) is 1.